The van der Waals surface area contributed by atoms with E-state index in [0.717, 1.165) is 0 Å². The number of rotatable bonds is 1. The summed E-state index contributed by atoms with van der Waals surface area (Å²) in [5, 5.41) is 3.23. The number of nitrogens with one attached hydrogen (secondary N) is 1. The third-order valence-electron chi connectivity index (χ3n) is 1.89. The Balaban J connectivity index is 2.38. The van der Waals surface area contributed by atoms with Gasteiger partial charge in [-0.15, -0.1) is 0 Å². The van der Waals surface area contributed by atoms with Crippen molar-refractivity contribution >= 4 is 0 Å². The minimum Gasteiger partial charge on any atom is -0.309 e. The van der Waals surface area contributed by atoms with Gasteiger partial charge in [0.15, 0.2) is 0 Å². The maximum absolute atomic E-state index is 3.23. The van der Waals surface area contributed by atoms with Crippen LogP contribution < -0.4 is 5.32 Å². The molecule has 46 valence electrons. The first-order valence-corrected chi connectivity index (χ1v) is 3.19. The fourth-order valence-electron chi connectivity index (χ4n) is 1.41. The third kappa shape index (κ3) is 0.524. The molecule has 9 heavy (non-hydrogen) atoms. The Morgan fingerprint density at radius 3 is 2.00 bits per heavy atom. The van der Waals surface area contributed by atoms with E-state index in [1.54, 1.807) is 0 Å². The van der Waals surface area contributed by atoms with Crippen LogP contribution in [0.2, 0.25) is 0 Å². The molecule has 0 atom stereocenters. The Kier molecular flexibility index (Phi) is 0.878. The predicted molar refractivity (Wildman–Crippen MR) is 38.2 cm³/mol. The molecular weight excluding hydrogens is 110 g/mol. The molecule has 0 aromatic rings. The van der Waals surface area contributed by atoms with Crippen molar-refractivity contribution in [2.45, 2.75) is 6.04 Å². The van der Waals surface area contributed by atoms with Crippen molar-refractivity contribution in [1.82, 2.24) is 5.32 Å². The Hall–Kier alpha value is -0.820. The van der Waals surface area contributed by atoms with Gasteiger partial charge in [-0.1, -0.05) is 24.3 Å². The van der Waals surface area contributed by atoms with Crippen molar-refractivity contribution in [3.8, 4) is 0 Å². The van der Waals surface area contributed by atoms with Crippen LogP contribution in [0.5, 0.6) is 0 Å². The highest BCUT2D eigenvalue weighted by molar-refractivity contribution is 5.55. The largest absolute Gasteiger partial charge is 0.309 e. The Morgan fingerprint density at radius 1 is 1.22 bits per heavy atom. The molecule has 2 aliphatic rings. The number of hydrogen-bond acceptors (Lipinski definition) is 1. The van der Waals surface area contributed by atoms with Crippen LogP contribution in [0.1, 0.15) is 0 Å². The SMILES string of the molecule is CNC1C2=CC=C1C=C2. The van der Waals surface area contributed by atoms with Gasteiger partial charge in [0.1, 0.15) is 0 Å². The van der Waals surface area contributed by atoms with Gasteiger partial charge in [-0.2, -0.15) is 0 Å². The van der Waals surface area contributed by atoms with Crippen molar-refractivity contribution < 1.29 is 0 Å². The van der Waals surface area contributed by atoms with Gasteiger partial charge in [0.05, 0.1) is 6.04 Å². The van der Waals surface area contributed by atoms with Crippen molar-refractivity contribution in [1.29, 1.82) is 0 Å². The molecule has 0 heterocycles. The van der Waals surface area contributed by atoms with Crippen LogP contribution in [0.4, 0.5) is 0 Å². The maximum Gasteiger partial charge on any atom is 0.0574 e. The first-order chi connectivity index (χ1) is 4.42. The molecule has 0 radical (unpaired) electrons. The first-order valence-electron chi connectivity index (χ1n) is 3.19. The summed E-state index contributed by atoms with van der Waals surface area (Å²) < 4.78 is 0. The smallest absolute Gasteiger partial charge is 0.0574 e. The van der Waals surface area contributed by atoms with Crippen molar-refractivity contribution in [2.75, 3.05) is 7.05 Å². The molecule has 0 amide bonds. The zero-order chi connectivity index (χ0) is 6.27. The lowest BCUT2D eigenvalue weighted by molar-refractivity contribution is 0.766. The van der Waals surface area contributed by atoms with E-state index in [4.69, 9.17) is 0 Å². The second kappa shape index (κ2) is 1.58. The molecule has 0 aliphatic heterocycles. The topological polar surface area (TPSA) is 12.0 Å². The van der Waals surface area contributed by atoms with Gasteiger partial charge in [0, 0.05) is 0 Å². The summed E-state index contributed by atoms with van der Waals surface area (Å²) in [6.07, 6.45) is 8.65. The summed E-state index contributed by atoms with van der Waals surface area (Å²) >= 11 is 0. The third-order valence-corrected chi connectivity index (χ3v) is 1.89. The summed E-state index contributed by atoms with van der Waals surface area (Å²) in [4.78, 5) is 0. The maximum atomic E-state index is 3.23. The van der Waals surface area contributed by atoms with Gasteiger partial charge >= 0.3 is 0 Å². The monoisotopic (exact) mass is 119 g/mol. The summed E-state index contributed by atoms with van der Waals surface area (Å²) in [5.74, 6) is 0. The molecule has 0 aromatic carbocycles. The van der Waals surface area contributed by atoms with Gasteiger partial charge in [-0.05, 0) is 18.2 Å². The highest BCUT2D eigenvalue weighted by atomic mass is 14.9. The van der Waals surface area contributed by atoms with E-state index < -0.39 is 0 Å². The van der Waals surface area contributed by atoms with Crippen molar-refractivity contribution in [3.05, 3.63) is 35.5 Å². The number of likely N-dealkylation sites (N-methyl/N-ethyl adjacent to an activating group) is 1. The lowest BCUT2D eigenvalue weighted by Crippen LogP contribution is -2.23. The summed E-state index contributed by atoms with van der Waals surface area (Å²) in [6, 6.07) is 0.505. The molecule has 0 unspecified atom stereocenters. The molecule has 1 heteroatoms. The average molecular weight is 119 g/mol. The van der Waals surface area contributed by atoms with Crippen LogP contribution >= 0.6 is 0 Å². The number of allylic oxidation sites excluding steroid dienone is 2. The van der Waals surface area contributed by atoms with Crippen LogP contribution in [0.25, 0.3) is 0 Å². The Morgan fingerprint density at radius 2 is 1.78 bits per heavy atom. The Bertz CT molecular complexity index is 199. The number of fused-ring (bicyclic) bond motifs is 2. The summed E-state index contributed by atoms with van der Waals surface area (Å²) in [7, 11) is 1.99. The van der Waals surface area contributed by atoms with Crippen molar-refractivity contribution in [3.63, 3.8) is 0 Å². The molecule has 0 saturated carbocycles. The molecule has 2 rings (SSSR count). The molecule has 1 N–H and O–H groups in total. The fourth-order valence-corrected chi connectivity index (χ4v) is 1.41. The van der Waals surface area contributed by atoms with Crippen LogP contribution in [-0.4, -0.2) is 13.1 Å². The second-order valence-corrected chi connectivity index (χ2v) is 2.39. The summed E-state index contributed by atoms with van der Waals surface area (Å²) in [6.45, 7) is 0. The number of hydrogen-bond donors (Lipinski definition) is 1. The fraction of sp³-hybridized carbons (Fsp3) is 0.250. The molecule has 2 aliphatic carbocycles. The van der Waals surface area contributed by atoms with Gasteiger partial charge < -0.3 is 5.32 Å². The highest BCUT2D eigenvalue weighted by Gasteiger charge is 2.21. The Labute approximate surface area is 54.8 Å². The van der Waals surface area contributed by atoms with E-state index in [1.807, 2.05) is 7.05 Å². The minimum atomic E-state index is 0.505. The van der Waals surface area contributed by atoms with E-state index >= 15 is 0 Å². The van der Waals surface area contributed by atoms with E-state index in [1.165, 1.54) is 11.1 Å². The van der Waals surface area contributed by atoms with Crippen LogP contribution in [0.15, 0.2) is 35.5 Å². The van der Waals surface area contributed by atoms with Crippen LogP contribution in [0, 0.1) is 0 Å². The molecule has 0 spiro atoms. The first kappa shape index (κ1) is 5.00. The average Bonchev–Trinajstić information content (AvgIpc) is 2.44. The van der Waals surface area contributed by atoms with Gasteiger partial charge in [0.2, 0.25) is 0 Å². The van der Waals surface area contributed by atoms with E-state index in [9.17, 15) is 0 Å². The molecule has 2 bridgehead atoms. The minimum absolute atomic E-state index is 0.505. The second-order valence-electron chi connectivity index (χ2n) is 2.39. The standard InChI is InChI=1S/C8H9N/c1-9-8-6-2-3-7(8)5-4-6/h2-5,8-9H,1H3. The molecular formula is C8H9N. The molecule has 0 fully saturated rings. The van der Waals surface area contributed by atoms with E-state index in [0.29, 0.717) is 6.04 Å². The lowest BCUT2D eigenvalue weighted by Gasteiger charge is -2.06. The van der Waals surface area contributed by atoms with Crippen LogP contribution in [0.3, 0.4) is 0 Å². The zero-order valence-electron chi connectivity index (χ0n) is 5.39. The highest BCUT2D eigenvalue weighted by Crippen LogP contribution is 2.28. The van der Waals surface area contributed by atoms with Gasteiger partial charge in [-0.3, -0.25) is 0 Å². The van der Waals surface area contributed by atoms with Crippen LogP contribution in [-0.2, 0) is 0 Å². The summed E-state index contributed by atoms with van der Waals surface area (Å²) in [5.41, 5.74) is 2.79. The van der Waals surface area contributed by atoms with E-state index in [2.05, 4.69) is 29.6 Å². The zero-order valence-corrected chi connectivity index (χ0v) is 5.39. The predicted octanol–water partition coefficient (Wildman–Crippen LogP) is 1.01. The molecule has 0 aromatic heterocycles. The quantitative estimate of drug-likeness (QED) is 0.543. The lowest BCUT2D eigenvalue weighted by atomic mass is 10.2. The molecule has 0 saturated heterocycles. The van der Waals surface area contributed by atoms with Crippen molar-refractivity contribution in [2.24, 2.45) is 0 Å². The van der Waals surface area contributed by atoms with Gasteiger partial charge in [-0.25, -0.2) is 0 Å². The van der Waals surface area contributed by atoms with Gasteiger partial charge in [0.25, 0.3) is 0 Å². The molecule has 1 nitrogen and oxygen atoms in total. The van der Waals surface area contributed by atoms with E-state index in [-0.39, 0.29) is 0 Å². The normalized spacial score (nSPS) is 22.8.